The monoisotopic (exact) mass is 547 g/mol. The fourth-order valence-electron chi connectivity index (χ4n) is 6.02. The van der Waals surface area contributed by atoms with Crippen LogP contribution >= 0.6 is 0 Å². The van der Waals surface area contributed by atoms with Gasteiger partial charge in [-0.3, -0.25) is 9.69 Å². The van der Waals surface area contributed by atoms with Gasteiger partial charge in [-0.2, -0.15) is 5.26 Å². The van der Waals surface area contributed by atoms with E-state index in [1.165, 1.54) is 0 Å². The number of nitrogens with zero attached hydrogens (tertiary/aromatic N) is 2. The topological polar surface area (TPSA) is 88.6 Å². The molecule has 0 spiro atoms. The molecule has 1 aliphatic heterocycles. The smallest absolute Gasteiger partial charge is 0.162 e. The van der Waals surface area contributed by atoms with E-state index in [0.717, 1.165) is 50.7 Å². The van der Waals surface area contributed by atoms with Crippen LogP contribution in [0.25, 0.3) is 0 Å². The Kier molecular flexibility index (Phi) is 7.40. The van der Waals surface area contributed by atoms with E-state index in [1.54, 1.807) is 7.11 Å². The summed E-state index contributed by atoms with van der Waals surface area (Å²) in [5.74, 6) is 1.40. The van der Waals surface area contributed by atoms with Gasteiger partial charge in [-0.1, -0.05) is 43.7 Å². The lowest BCUT2D eigenvalue weighted by Crippen LogP contribution is -2.42. The first kappa shape index (κ1) is 28.0. The molecule has 0 saturated carbocycles. The molecule has 1 atom stereocenters. The average Bonchev–Trinajstić information content (AvgIpc) is 2.92. The van der Waals surface area contributed by atoms with Crippen LogP contribution in [0.1, 0.15) is 60.4 Å². The maximum absolute atomic E-state index is 14.0. The average molecular weight is 548 g/mol. The highest BCUT2D eigenvalue weighted by Crippen LogP contribution is 2.50. The number of ketones is 1. The Morgan fingerprint density at radius 1 is 0.976 bits per heavy atom. The molecular formula is C35H37N3O3. The van der Waals surface area contributed by atoms with Crippen molar-refractivity contribution < 1.29 is 14.3 Å². The van der Waals surface area contributed by atoms with E-state index in [2.05, 4.69) is 39.0 Å². The van der Waals surface area contributed by atoms with Gasteiger partial charge in [0.1, 0.15) is 23.9 Å². The van der Waals surface area contributed by atoms with Crippen LogP contribution in [0.5, 0.6) is 11.5 Å². The summed E-state index contributed by atoms with van der Waals surface area (Å²) in [4.78, 5) is 15.9. The second-order valence-electron chi connectivity index (χ2n) is 11.9. The second-order valence-corrected chi connectivity index (χ2v) is 11.9. The highest BCUT2D eigenvalue weighted by molar-refractivity contribution is 6.01. The summed E-state index contributed by atoms with van der Waals surface area (Å²) < 4.78 is 11.4. The molecule has 5 rings (SSSR count). The summed E-state index contributed by atoms with van der Waals surface area (Å²) in [6, 6.07) is 22.1. The molecule has 0 amide bonds. The molecule has 3 aromatic rings. The molecular weight excluding hydrogens is 510 g/mol. The number of anilines is 1. The van der Waals surface area contributed by atoms with Gasteiger partial charge in [0.2, 0.25) is 0 Å². The van der Waals surface area contributed by atoms with Crippen LogP contribution in [0.15, 0.2) is 83.3 Å². The molecule has 0 radical (unpaired) electrons. The maximum Gasteiger partial charge on any atom is 0.162 e. The highest BCUT2D eigenvalue weighted by Gasteiger charge is 2.45. The first-order valence-corrected chi connectivity index (χ1v) is 13.9. The molecule has 0 bridgehead atoms. The summed E-state index contributed by atoms with van der Waals surface area (Å²) in [6.45, 7) is 10.7. The summed E-state index contributed by atoms with van der Waals surface area (Å²) >= 11 is 0. The van der Waals surface area contributed by atoms with Crippen LogP contribution in [0.3, 0.4) is 0 Å². The van der Waals surface area contributed by atoms with Crippen molar-refractivity contribution >= 4 is 11.5 Å². The Balaban J connectivity index is 1.63. The molecule has 210 valence electrons. The number of Topliss-reactive ketones (excluding diaryl/α,β-unsaturated/α-hetero) is 1. The van der Waals surface area contributed by atoms with E-state index in [-0.39, 0.29) is 11.2 Å². The second kappa shape index (κ2) is 10.8. The third-order valence-electron chi connectivity index (χ3n) is 8.16. The van der Waals surface area contributed by atoms with Gasteiger partial charge in [0.05, 0.1) is 24.7 Å². The van der Waals surface area contributed by atoms with Gasteiger partial charge >= 0.3 is 0 Å². The number of hydrogen-bond donors (Lipinski definition) is 1. The molecule has 0 fully saturated rings. The maximum atomic E-state index is 14.0. The molecule has 6 heteroatoms. The van der Waals surface area contributed by atoms with E-state index in [9.17, 15) is 10.1 Å². The van der Waals surface area contributed by atoms with Crippen molar-refractivity contribution in [1.82, 2.24) is 0 Å². The van der Waals surface area contributed by atoms with Crippen molar-refractivity contribution in [3.63, 3.8) is 0 Å². The van der Waals surface area contributed by atoms with Crippen LogP contribution in [-0.4, -0.2) is 12.9 Å². The first-order valence-electron chi connectivity index (χ1n) is 13.9. The standard InChI is InChI=1S/C35H37N3O3/c1-21-7-9-25(10-8-21)38-30-17-35(4,5)18-31(39)33(30)32(29(19-36)34(38)37)28-16-24(22(2)15-23(28)3)20-41-27-13-11-26(40-6)12-14-27/h7-16,32H,17-18,20,37H2,1-6H3. The number of rotatable bonds is 6. The van der Waals surface area contributed by atoms with Gasteiger partial charge in [0, 0.05) is 23.4 Å². The molecule has 0 aromatic heterocycles. The van der Waals surface area contributed by atoms with Gasteiger partial charge in [0.25, 0.3) is 0 Å². The lowest BCUT2D eigenvalue weighted by atomic mass is 9.68. The third kappa shape index (κ3) is 5.32. The number of ether oxygens (including phenoxy) is 2. The van der Waals surface area contributed by atoms with Crippen molar-refractivity contribution in [2.45, 2.75) is 60.0 Å². The zero-order valence-electron chi connectivity index (χ0n) is 24.7. The molecule has 6 nitrogen and oxygen atoms in total. The largest absolute Gasteiger partial charge is 0.497 e. The molecule has 1 aliphatic carbocycles. The van der Waals surface area contributed by atoms with Crippen LogP contribution in [0, 0.1) is 37.5 Å². The minimum absolute atomic E-state index is 0.0645. The first-order chi connectivity index (χ1) is 19.5. The minimum atomic E-state index is -0.541. The summed E-state index contributed by atoms with van der Waals surface area (Å²) in [6.07, 6.45) is 1.09. The Bertz CT molecular complexity index is 1610. The summed E-state index contributed by atoms with van der Waals surface area (Å²) in [5.41, 5.74) is 14.5. The molecule has 1 unspecified atom stereocenters. The van der Waals surface area contributed by atoms with E-state index in [0.29, 0.717) is 36.4 Å². The quantitative estimate of drug-likeness (QED) is 0.353. The highest BCUT2D eigenvalue weighted by atomic mass is 16.5. The fraction of sp³-hybridized carbons (Fsp3) is 0.314. The van der Waals surface area contributed by atoms with Crippen molar-refractivity contribution in [3.05, 3.63) is 111 Å². The Morgan fingerprint density at radius 2 is 1.63 bits per heavy atom. The molecule has 0 saturated heterocycles. The van der Waals surface area contributed by atoms with Crippen LogP contribution in [0.2, 0.25) is 0 Å². The van der Waals surface area contributed by atoms with Gasteiger partial charge in [0.15, 0.2) is 5.78 Å². The number of nitriles is 1. The normalized spacial score (nSPS) is 18.2. The van der Waals surface area contributed by atoms with E-state index < -0.39 is 5.92 Å². The predicted octanol–water partition coefficient (Wildman–Crippen LogP) is 7.14. The van der Waals surface area contributed by atoms with Crippen molar-refractivity contribution in [2.24, 2.45) is 11.1 Å². The number of hydrogen-bond acceptors (Lipinski definition) is 6. The number of allylic oxidation sites excluding steroid dienone is 3. The lowest BCUT2D eigenvalue weighted by Gasteiger charge is -2.44. The number of methoxy groups -OCH3 is 1. The molecule has 41 heavy (non-hydrogen) atoms. The Morgan fingerprint density at radius 3 is 2.27 bits per heavy atom. The molecule has 2 aliphatic rings. The van der Waals surface area contributed by atoms with Crippen LogP contribution in [0.4, 0.5) is 5.69 Å². The third-order valence-corrected chi connectivity index (χ3v) is 8.16. The van der Waals surface area contributed by atoms with Crippen LogP contribution in [-0.2, 0) is 11.4 Å². The van der Waals surface area contributed by atoms with E-state index >= 15 is 0 Å². The number of aryl methyl sites for hydroxylation is 3. The van der Waals surface area contributed by atoms with Gasteiger partial charge in [-0.15, -0.1) is 0 Å². The van der Waals surface area contributed by atoms with Gasteiger partial charge < -0.3 is 15.2 Å². The van der Waals surface area contributed by atoms with Crippen LogP contribution < -0.4 is 20.1 Å². The summed E-state index contributed by atoms with van der Waals surface area (Å²) in [7, 11) is 1.63. The predicted molar refractivity (Wildman–Crippen MR) is 162 cm³/mol. The Hall–Kier alpha value is -4.50. The number of benzene rings is 3. The van der Waals surface area contributed by atoms with E-state index in [1.807, 2.05) is 67.3 Å². The summed E-state index contributed by atoms with van der Waals surface area (Å²) in [5, 5.41) is 10.5. The zero-order chi connectivity index (χ0) is 29.5. The van der Waals surface area contributed by atoms with Crippen molar-refractivity contribution in [2.75, 3.05) is 12.0 Å². The molecule has 3 aromatic carbocycles. The number of nitrogens with two attached hydrogens (primary N) is 1. The molecule has 2 N–H and O–H groups in total. The van der Waals surface area contributed by atoms with Crippen molar-refractivity contribution in [1.29, 1.82) is 5.26 Å². The van der Waals surface area contributed by atoms with Gasteiger partial charge in [-0.25, -0.2) is 0 Å². The lowest BCUT2D eigenvalue weighted by molar-refractivity contribution is -0.118. The number of carbonyl (C=O) groups is 1. The SMILES string of the molecule is COc1ccc(OCc2cc(C3C(C#N)=C(N)N(c4ccc(C)cc4)C4=C3C(=O)CC(C)(C)C4)c(C)cc2C)cc1. The van der Waals surface area contributed by atoms with E-state index in [4.69, 9.17) is 15.2 Å². The van der Waals surface area contributed by atoms with Crippen molar-refractivity contribution in [3.8, 4) is 17.6 Å². The minimum Gasteiger partial charge on any atom is -0.497 e. The fourth-order valence-corrected chi connectivity index (χ4v) is 6.02. The Labute approximate surface area is 242 Å². The zero-order valence-corrected chi connectivity index (χ0v) is 24.7. The van der Waals surface area contributed by atoms with Gasteiger partial charge in [-0.05, 0) is 91.3 Å². The molecule has 1 heterocycles. The number of carbonyl (C=O) groups excluding carboxylic acids is 1.